The molecule has 20 heavy (non-hydrogen) atoms. The summed E-state index contributed by atoms with van der Waals surface area (Å²) in [6.07, 6.45) is 1.81. The lowest BCUT2D eigenvalue weighted by molar-refractivity contribution is 0.304. The topological polar surface area (TPSA) is 22.1 Å². The SMILES string of the molecule is Cc1c(OCc2ccccc2)ccc2ncc(Br)cc12. The smallest absolute Gasteiger partial charge is 0.123 e. The number of aromatic nitrogens is 1. The molecule has 2 nitrogen and oxygen atoms in total. The van der Waals surface area contributed by atoms with Crippen LogP contribution in [0.5, 0.6) is 5.75 Å². The van der Waals surface area contributed by atoms with Crippen LogP contribution >= 0.6 is 15.9 Å². The summed E-state index contributed by atoms with van der Waals surface area (Å²) in [5.41, 5.74) is 3.27. The Hall–Kier alpha value is -1.87. The number of fused-ring (bicyclic) bond motifs is 1. The quantitative estimate of drug-likeness (QED) is 0.683. The number of pyridine rings is 1. The summed E-state index contributed by atoms with van der Waals surface area (Å²) in [5, 5.41) is 1.12. The van der Waals surface area contributed by atoms with Crippen molar-refractivity contribution in [2.45, 2.75) is 13.5 Å². The Kier molecular flexibility index (Phi) is 3.70. The van der Waals surface area contributed by atoms with Crippen LogP contribution < -0.4 is 4.74 Å². The van der Waals surface area contributed by atoms with Gasteiger partial charge in [0.15, 0.2) is 0 Å². The van der Waals surface area contributed by atoms with E-state index in [-0.39, 0.29) is 0 Å². The zero-order valence-electron chi connectivity index (χ0n) is 11.1. The minimum absolute atomic E-state index is 0.578. The lowest BCUT2D eigenvalue weighted by Crippen LogP contribution is -1.97. The summed E-state index contributed by atoms with van der Waals surface area (Å²) in [4.78, 5) is 4.40. The highest BCUT2D eigenvalue weighted by molar-refractivity contribution is 9.10. The first-order valence-electron chi connectivity index (χ1n) is 6.45. The Labute approximate surface area is 126 Å². The average molecular weight is 328 g/mol. The van der Waals surface area contributed by atoms with Crippen LogP contribution in [0.2, 0.25) is 0 Å². The second-order valence-corrected chi connectivity index (χ2v) is 5.60. The normalized spacial score (nSPS) is 10.7. The first-order chi connectivity index (χ1) is 9.74. The zero-order valence-corrected chi connectivity index (χ0v) is 12.7. The molecule has 0 radical (unpaired) electrons. The summed E-state index contributed by atoms with van der Waals surface area (Å²) in [6.45, 7) is 2.64. The van der Waals surface area contributed by atoms with Gasteiger partial charge in [-0.2, -0.15) is 0 Å². The maximum absolute atomic E-state index is 5.93. The second-order valence-electron chi connectivity index (χ2n) is 4.68. The molecule has 0 aliphatic heterocycles. The Balaban J connectivity index is 1.90. The van der Waals surface area contributed by atoms with Gasteiger partial charge in [0, 0.05) is 21.6 Å². The van der Waals surface area contributed by atoms with Crippen LogP contribution in [0.25, 0.3) is 10.9 Å². The van der Waals surface area contributed by atoms with Crippen molar-refractivity contribution in [3.05, 3.63) is 70.3 Å². The van der Waals surface area contributed by atoms with Gasteiger partial charge in [-0.05, 0) is 46.6 Å². The first kappa shape index (κ1) is 13.1. The van der Waals surface area contributed by atoms with E-state index in [0.717, 1.165) is 26.7 Å². The van der Waals surface area contributed by atoms with Gasteiger partial charge in [-0.15, -0.1) is 0 Å². The Morgan fingerprint density at radius 2 is 1.90 bits per heavy atom. The summed E-state index contributed by atoms with van der Waals surface area (Å²) in [7, 11) is 0. The van der Waals surface area contributed by atoms with Gasteiger partial charge in [-0.1, -0.05) is 30.3 Å². The van der Waals surface area contributed by atoms with Crippen molar-refractivity contribution < 1.29 is 4.74 Å². The van der Waals surface area contributed by atoms with Crippen molar-refractivity contribution in [1.82, 2.24) is 4.98 Å². The minimum atomic E-state index is 0.578. The van der Waals surface area contributed by atoms with Crippen molar-refractivity contribution in [3.63, 3.8) is 0 Å². The monoisotopic (exact) mass is 327 g/mol. The number of hydrogen-bond donors (Lipinski definition) is 0. The number of nitrogens with zero attached hydrogens (tertiary/aromatic N) is 1. The molecule has 0 bridgehead atoms. The van der Waals surface area contributed by atoms with Crippen molar-refractivity contribution in [2.24, 2.45) is 0 Å². The molecule has 0 unspecified atom stereocenters. The van der Waals surface area contributed by atoms with Crippen molar-refractivity contribution in [1.29, 1.82) is 0 Å². The van der Waals surface area contributed by atoms with Gasteiger partial charge in [-0.3, -0.25) is 4.98 Å². The van der Waals surface area contributed by atoms with Crippen LogP contribution in [0.3, 0.4) is 0 Å². The molecule has 0 aliphatic carbocycles. The lowest BCUT2D eigenvalue weighted by Gasteiger charge is -2.11. The molecule has 1 heterocycles. The van der Waals surface area contributed by atoms with E-state index in [1.165, 1.54) is 5.56 Å². The minimum Gasteiger partial charge on any atom is -0.489 e. The molecular formula is C17H14BrNO. The predicted molar refractivity (Wildman–Crippen MR) is 85.0 cm³/mol. The third kappa shape index (κ3) is 2.68. The third-order valence-electron chi connectivity index (χ3n) is 3.29. The molecule has 0 aliphatic rings. The van der Waals surface area contributed by atoms with Crippen molar-refractivity contribution >= 4 is 26.8 Å². The number of ether oxygens (including phenoxy) is 1. The summed E-state index contributed by atoms with van der Waals surface area (Å²) in [6, 6.07) is 16.2. The summed E-state index contributed by atoms with van der Waals surface area (Å²) < 4.78 is 6.91. The molecule has 2 aromatic carbocycles. The zero-order chi connectivity index (χ0) is 13.9. The molecule has 0 saturated carbocycles. The van der Waals surface area contributed by atoms with E-state index in [0.29, 0.717) is 6.61 Å². The molecular weight excluding hydrogens is 314 g/mol. The lowest BCUT2D eigenvalue weighted by atomic mass is 10.1. The van der Waals surface area contributed by atoms with Crippen molar-refractivity contribution in [2.75, 3.05) is 0 Å². The van der Waals surface area contributed by atoms with Crippen LogP contribution in [0.1, 0.15) is 11.1 Å². The van der Waals surface area contributed by atoms with Gasteiger partial charge >= 0.3 is 0 Å². The Morgan fingerprint density at radius 1 is 1.10 bits per heavy atom. The van der Waals surface area contributed by atoms with E-state index in [1.807, 2.05) is 36.5 Å². The number of halogens is 1. The molecule has 3 aromatic rings. The van der Waals surface area contributed by atoms with Crippen LogP contribution in [-0.4, -0.2) is 4.98 Å². The second kappa shape index (κ2) is 5.63. The average Bonchev–Trinajstić information content (AvgIpc) is 2.48. The fraction of sp³-hybridized carbons (Fsp3) is 0.118. The van der Waals surface area contributed by atoms with Crippen LogP contribution in [0.15, 0.2) is 59.2 Å². The highest BCUT2D eigenvalue weighted by atomic mass is 79.9. The molecule has 3 rings (SSSR count). The van der Waals surface area contributed by atoms with Gasteiger partial charge in [-0.25, -0.2) is 0 Å². The molecule has 0 fully saturated rings. The molecule has 0 atom stereocenters. The van der Waals surface area contributed by atoms with Gasteiger partial charge in [0.1, 0.15) is 12.4 Å². The predicted octanol–water partition coefficient (Wildman–Crippen LogP) is 4.88. The maximum Gasteiger partial charge on any atom is 0.123 e. The molecule has 100 valence electrons. The maximum atomic E-state index is 5.93. The van der Waals surface area contributed by atoms with Gasteiger partial charge < -0.3 is 4.74 Å². The van der Waals surface area contributed by atoms with Gasteiger partial charge in [0.05, 0.1) is 5.52 Å². The van der Waals surface area contributed by atoms with E-state index in [2.05, 4.69) is 46.0 Å². The van der Waals surface area contributed by atoms with E-state index in [1.54, 1.807) is 0 Å². The van der Waals surface area contributed by atoms with Crippen LogP contribution in [0, 0.1) is 6.92 Å². The number of aryl methyl sites for hydroxylation is 1. The fourth-order valence-corrected chi connectivity index (χ4v) is 2.52. The van der Waals surface area contributed by atoms with E-state index < -0.39 is 0 Å². The summed E-state index contributed by atoms with van der Waals surface area (Å²) >= 11 is 3.46. The Morgan fingerprint density at radius 3 is 2.70 bits per heavy atom. The largest absolute Gasteiger partial charge is 0.489 e. The van der Waals surface area contributed by atoms with Crippen LogP contribution in [-0.2, 0) is 6.61 Å². The third-order valence-corrected chi connectivity index (χ3v) is 3.72. The molecule has 0 amide bonds. The number of benzene rings is 2. The van der Waals surface area contributed by atoms with Gasteiger partial charge in [0.25, 0.3) is 0 Å². The molecule has 0 saturated heterocycles. The summed E-state index contributed by atoms with van der Waals surface area (Å²) in [5.74, 6) is 0.904. The number of hydrogen-bond acceptors (Lipinski definition) is 2. The van der Waals surface area contributed by atoms with E-state index in [4.69, 9.17) is 4.74 Å². The highest BCUT2D eigenvalue weighted by Gasteiger charge is 2.06. The van der Waals surface area contributed by atoms with Crippen LogP contribution in [0.4, 0.5) is 0 Å². The van der Waals surface area contributed by atoms with E-state index >= 15 is 0 Å². The highest BCUT2D eigenvalue weighted by Crippen LogP contribution is 2.28. The molecule has 3 heteroatoms. The molecule has 0 N–H and O–H groups in total. The first-order valence-corrected chi connectivity index (χ1v) is 7.25. The molecule has 0 spiro atoms. The Bertz CT molecular complexity index is 741. The number of rotatable bonds is 3. The van der Waals surface area contributed by atoms with E-state index in [9.17, 15) is 0 Å². The van der Waals surface area contributed by atoms with Crippen molar-refractivity contribution in [3.8, 4) is 5.75 Å². The fourth-order valence-electron chi connectivity index (χ4n) is 2.19. The van der Waals surface area contributed by atoms with Gasteiger partial charge in [0.2, 0.25) is 0 Å². The standard InChI is InChI=1S/C17H14BrNO/c1-12-15-9-14(18)10-19-16(15)7-8-17(12)20-11-13-5-3-2-4-6-13/h2-10H,11H2,1H3. The molecule has 1 aromatic heterocycles.